The van der Waals surface area contributed by atoms with Crippen molar-refractivity contribution in [1.29, 1.82) is 0 Å². The number of aliphatic hydroxyl groups is 1. The molecule has 0 aliphatic carbocycles. The molecule has 0 saturated carbocycles. The van der Waals surface area contributed by atoms with Gasteiger partial charge in [-0.1, -0.05) is 6.07 Å². The zero-order chi connectivity index (χ0) is 11.4. The number of aliphatic carboxylic acids is 1. The third-order valence-electron chi connectivity index (χ3n) is 1.83. The average Bonchev–Trinajstić information content (AvgIpc) is 2.20. The summed E-state index contributed by atoms with van der Waals surface area (Å²) < 4.78 is 5.05. The monoisotopic (exact) mass is 212 g/mol. The van der Waals surface area contributed by atoms with Gasteiger partial charge in [0, 0.05) is 0 Å². The van der Waals surface area contributed by atoms with Crippen LogP contribution in [-0.2, 0) is 4.79 Å². The molecule has 1 atom stereocenters. The molecule has 0 aromatic heterocycles. The van der Waals surface area contributed by atoms with Gasteiger partial charge in [-0.05, 0) is 24.6 Å². The zero-order valence-electron chi connectivity index (χ0n) is 8.17. The van der Waals surface area contributed by atoms with E-state index in [0.29, 0.717) is 6.61 Å². The lowest BCUT2D eigenvalue weighted by atomic mass is 10.1. The molecular formula is C10H12O5. The number of carboxylic acids is 1. The summed E-state index contributed by atoms with van der Waals surface area (Å²) in [6.07, 6.45) is -1.61. The maximum Gasteiger partial charge on any atom is 0.337 e. The first-order valence-corrected chi connectivity index (χ1v) is 4.42. The Bertz CT molecular complexity index is 361. The number of rotatable bonds is 4. The molecule has 0 spiro atoms. The van der Waals surface area contributed by atoms with Crippen molar-refractivity contribution >= 4 is 5.97 Å². The van der Waals surface area contributed by atoms with E-state index in [0.717, 1.165) is 0 Å². The number of ether oxygens (including phenoxy) is 1. The van der Waals surface area contributed by atoms with E-state index in [4.69, 9.17) is 9.84 Å². The first-order chi connectivity index (χ1) is 7.06. The Balaban J connectivity index is 3.01. The topological polar surface area (TPSA) is 87.0 Å². The SMILES string of the molecule is CCOc1cc(C(O)C(=O)O)ccc1O. The molecule has 1 rings (SSSR count). The van der Waals surface area contributed by atoms with E-state index in [2.05, 4.69) is 0 Å². The molecule has 0 radical (unpaired) electrons. The van der Waals surface area contributed by atoms with E-state index >= 15 is 0 Å². The van der Waals surface area contributed by atoms with Crippen LogP contribution < -0.4 is 4.74 Å². The molecule has 0 aliphatic rings. The van der Waals surface area contributed by atoms with Crippen molar-refractivity contribution in [3.05, 3.63) is 23.8 Å². The van der Waals surface area contributed by atoms with Gasteiger partial charge in [0.25, 0.3) is 0 Å². The van der Waals surface area contributed by atoms with E-state index in [1.165, 1.54) is 18.2 Å². The predicted molar refractivity (Wildman–Crippen MR) is 51.9 cm³/mol. The standard InChI is InChI=1S/C10H12O5/c1-2-15-8-5-6(3-4-7(8)11)9(12)10(13)14/h3-5,9,11-12H,2H2,1H3,(H,13,14). The minimum Gasteiger partial charge on any atom is -0.504 e. The van der Waals surface area contributed by atoms with Crippen LogP contribution in [0.4, 0.5) is 0 Å². The first-order valence-electron chi connectivity index (χ1n) is 4.42. The van der Waals surface area contributed by atoms with E-state index < -0.39 is 12.1 Å². The molecule has 82 valence electrons. The number of aliphatic hydroxyl groups excluding tert-OH is 1. The Morgan fingerprint density at radius 2 is 2.20 bits per heavy atom. The summed E-state index contributed by atoms with van der Waals surface area (Å²) in [6.45, 7) is 2.08. The van der Waals surface area contributed by atoms with Crippen molar-refractivity contribution < 1.29 is 24.9 Å². The Labute approximate surface area is 86.5 Å². The number of carbonyl (C=O) groups is 1. The Kier molecular flexibility index (Phi) is 3.51. The van der Waals surface area contributed by atoms with Gasteiger partial charge in [-0.15, -0.1) is 0 Å². The second-order valence-electron chi connectivity index (χ2n) is 2.90. The lowest BCUT2D eigenvalue weighted by molar-refractivity contribution is -0.146. The second-order valence-corrected chi connectivity index (χ2v) is 2.90. The Morgan fingerprint density at radius 3 is 2.73 bits per heavy atom. The van der Waals surface area contributed by atoms with Crippen molar-refractivity contribution in [3.8, 4) is 11.5 Å². The van der Waals surface area contributed by atoms with Crippen LogP contribution >= 0.6 is 0 Å². The minimum atomic E-state index is -1.61. The molecule has 0 saturated heterocycles. The van der Waals surface area contributed by atoms with Gasteiger partial charge in [0.05, 0.1) is 6.61 Å². The van der Waals surface area contributed by atoms with E-state index in [1.54, 1.807) is 6.92 Å². The zero-order valence-corrected chi connectivity index (χ0v) is 8.17. The Hall–Kier alpha value is -1.75. The number of aromatic hydroxyl groups is 1. The highest BCUT2D eigenvalue weighted by atomic mass is 16.5. The lowest BCUT2D eigenvalue weighted by Crippen LogP contribution is -2.10. The van der Waals surface area contributed by atoms with Crippen LogP contribution in [0, 0.1) is 0 Å². The van der Waals surface area contributed by atoms with Gasteiger partial charge in [0.2, 0.25) is 0 Å². The molecule has 5 heteroatoms. The van der Waals surface area contributed by atoms with Gasteiger partial charge in [-0.25, -0.2) is 4.79 Å². The van der Waals surface area contributed by atoms with E-state index in [-0.39, 0.29) is 17.1 Å². The normalized spacial score (nSPS) is 12.1. The highest BCUT2D eigenvalue weighted by molar-refractivity contribution is 5.74. The average molecular weight is 212 g/mol. The number of hydrogen-bond donors (Lipinski definition) is 3. The maximum absolute atomic E-state index is 10.5. The van der Waals surface area contributed by atoms with Gasteiger partial charge in [-0.2, -0.15) is 0 Å². The van der Waals surface area contributed by atoms with Crippen LogP contribution in [0.2, 0.25) is 0 Å². The van der Waals surface area contributed by atoms with Crippen LogP contribution in [0.5, 0.6) is 11.5 Å². The third kappa shape index (κ3) is 2.60. The molecule has 1 unspecified atom stereocenters. The highest BCUT2D eigenvalue weighted by Gasteiger charge is 2.17. The number of phenolic OH excluding ortho intramolecular Hbond substituents is 1. The van der Waals surface area contributed by atoms with E-state index in [9.17, 15) is 15.0 Å². The summed E-state index contributed by atoms with van der Waals surface area (Å²) in [5.41, 5.74) is 0.170. The summed E-state index contributed by atoms with van der Waals surface area (Å²) in [4.78, 5) is 10.5. The minimum absolute atomic E-state index is 0.0850. The number of carboxylic acid groups (broad SMARTS) is 1. The van der Waals surface area contributed by atoms with E-state index in [1.807, 2.05) is 0 Å². The number of benzene rings is 1. The van der Waals surface area contributed by atoms with Crippen LogP contribution in [0.3, 0.4) is 0 Å². The van der Waals surface area contributed by atoms with Crippen LogP contribution in [-0.4, -0.2) is 27.9 Å². The van der Waals surface area contributed by atoms with Crippen molar-refractivity contribution in [3.63, 3.8) is 0 Å². The van der Waals surface area contributed by atoms with Gasteiger partial charge < -0.3 is 20.1 Å². The smallest absolute Gasteiger partial charge is 0.337 e. The summed E-state index contributed by atoms with van der Waals surface area (Å²) in [5.74, 6) is -1.27. The summed E-state index contributed by atoms with van der Waals surface area (Å²) in [7, 11) is 0. The summed E-state index contributed by atoms with van der Waals surface area (Å²) in [5, 5.41) is 27.1. The van der Waals surface area contributed by atoms with Gasteiger partial charge in [0.1, 0.15) is 0 Å². The molecule has 3 N–H and O–H groups in total. The molecule has 1 aromatic carbocycles. The predicted octanol–water partition coefficient (Wildman–Crippen LogP) is 0.909. The van der Waals surface area contributed by atoms with Crippen LogP contribution in [0.25, 0.3) is 0 Å². The Morgan fingerprint density at radius 1 is 1.53 bits per heavy atom. The number of hydrogen-bond acceptors (Lipinski definition) is 4. The lowest BCUT2D eigenvalue weighted by Gasteiger charge is -2.10. The van der Waals surface area contributed by atoms with Crippen molar-refractivity contribution in [2.24, 2.45) is 0 Å². The number of phenols is 1. The van der Waals surface area contributed by atoms with Crippen molar-refractivity contribution in [1.82, 2.24) is 0 Å². The van der Waals surface area contributed by atoms with Gasteiger partial charge in [0.15, 0.2) is 17.6 Å². The van der Waals surface area contributed by atoms with Crippen molar-refractivity contribution in [2.75, 3.05) is 6.61 Å². The van der Waals surface area contributed by atoms with Crippen molar-refractivity contribution in [2.45, 2.75) is 13.0 Å². The maximum atomic E-state index is 10.5. The largest absolute Gasteiger partial charge is 0.504 e. The molecule has 0 bridgehead atoms. The molecule has 0 fully saturated rings. The van der Waals surface area contributed by atoms with Gasteiger partial charge in [-0.3, -0.25) is 0 Å². The molecule has 0 heterocycles. The second kappa shape index (κ2) is 4.65. The van der Waals surface area contributed by atoms with Crippen LogP contribution in [0.15, 0.2) is 18.2 Å². The fraction of sp³-hybridized carbons (Fsp3) is 0.300. The molecule has 5 nitrogen and oxygen atoms in total. The molecule has 1 aromatic rings. The first kappa shape index (κ1) is 11.3. The molecular weight excluding hydrogens is 200 g/mol. The summed E-state index contributed by atoms with van der Waals surface area (Å²) >= 11 is 0. The quantitative estimate of drug-likeness (QED) is 0.690. The van der Waals surface area contributed by atoms with Gasteiger partial charge >= 0.3 is 5.97 Å². The molecule has 0 amide bonds. The summed E-state index contributed by atoms with van der Waals surface area (Å²) in [6, 6.07) is 3.92. The highest BCUT2D eigenvalue weighted by Crippen LogP contribution is 2.29. The third-order valence-corrected chi connectivity index (χ3v) is 1.83. The van der Waals surface area contributed by atoms with Crippen LogP contribution in [0.1, 0.15) is 18.6 Å². The molecule has 0 aliphatic heterocycles. The fourth-order valence-electron chi connectivity index (χ4n) is 1.11. The fourth-order valence-corrected chi connectivity index (χ4v) is 1.11. The molecule has 15 heavy (non-hydrogen) atoms.